The Morgan fingerprint density at radius 3 is 2.38 bits per heavy atom. The standard InChI is InChI=1S/C27H34FN5O6/c1-26(2,3)38-24(35)32(7)21(12-20-14-33(16-30-20)25(36)39-27(4,5)6)15-37-23(34)31-22-11-18-10-19(28)9-8-17(18)13-29-22/h8-11,13-14,16,21H,12,15H2,1-7H3,(H,29,31,34). The summed E-state index contributed by atoms with van der Waals surface area (Å²) in [4.78, 5) is 47.4. The van der Waals surface area contributed by atoms with Crippen LogP contribution in [0.1, 0.15) is 47.2 Å². The molecule has 3 rings (SSSR count). The first-order valence-corrected chi connectivity index (χ1v) is 12.3. The zero-order valence-corrected chi connectivity index (χ0v) is 23.1. The lowest BCUT2D eigenvalue weighted by Crippen LogP contribution is -2.44. The molecule has 1 N–H and O–H groups in total. The van der Waals surface area contributed by atoms with Crippen LogP contribution in [0.2, 0.25) is 0 Å². The Balaban J connectivity index is 1.71. The molecular weight excluding hydrogens is 509 g/mol. The number of anilines is 1. The zero-order chi connectivity index (χ0) is 29.0. The lowest BCUT2D eigenvalue weighted by molar-refractivity contribution is 0.0149. The monoisotopic (exact) mass is 543 g/mol. The number of likely N-dealkylation sites (N-methyl/N-ethyl adjacent to an activating group) is 1. The maximum Gasteiger partial charge on any atom is 0.419 e. The molecule has 0 aliphatic heterocycles. The van der Waals surface area contributed by atoms with Gasteiger partial charge in [0.25, 0.3) is 0 Å². The van der Waals surface area contributed by atoms with Crippen molar-refractivity contribution < 1.29 is 33.0 Å². The maximum absolute atomic E-state index is 13.6. The van der Waals surface area contributed by atoms with Crippen molar-refractivity contribution in [1.29, 1.82) is 0 Å². The van der Waals surface area contributed by atoms with Gasteiger partial charge in [0.2, 0.25) is 0 Å². The molecule has 0 radical (unpaired) electrons. The number of amides is 2. The molecule has 2 heterocycles. The van der Waals surface area contributed by atoms with Crippen molar-refractivity contribution in [2.24, 2.45) is 0 Å². The number of benzene rings is 1. The highest BCUT2D eigenvalue weighted by Gasteiger charge is 2.28. The molecular formula is C27H34FN5O6. The summed E-state index contributed by atoms with van der Waals surface area (Å²) in [5, 5.41) is 3.78. The second-order valence-electron chi connectivity index (χ2n) is 11.0. The molecule has 210 valence electrons. The van der Waals surface area contributed by atoms with E-state index in [2.05, 4.69) is 15.3 Å². The Morgan fingerprint density at radius 2 is 1.72 bits per heavy atom. The molecule has 0 saturated heterocycles. The van der Waals surface area contributed by atoms with Crippen molar-refractivity contribution in [1.82, 2.24) is 19.4 Å². The van der Waals surface area contributed by atoms with Gasteiger partial charge >= 0.3 is 18.3 Å². The van der Waals surface area contributed by atoms with Gasteiger partial charge in [0.1, 0.15) is 35.8 Å². The highest BCUT2D eigenvalue weighted by Crippen LogP contribution is 2.19. The van der Waals surface area contributed by atoms with Gasteiger partial charge in [0.05, 0.1) is 11.7 Å². The van der Waals surface area contributed by atoms with Gasteiger partial charge in [-0.05, 0) is 71.2 Å². The van der Waals surface area contributed by atoms with Crippen LogP contribution < -0.4 is 5.32 Å². The van der Waals surface area contributed by atoms with E-state index in [0.717, 1.165) is 0 Å². The highest BCUT2D eigenvalue weighted by atomic mass is 19.1. The highest BCUT2D eigenvalue weighted by molar-refractivity contribution is 5.89. The van der Waals surface area contributed by atoms with Crippen LogP contribution in [0, 0.1) is 5.82 Å². The van der Waals surface area contributed by atoms with Crippen molar-refractivity contribution in [3.63, 3.8) is 0 Å². The van der Waals surface area contributed by atoms with Crippen molar-refractivity contribution >= 4 is 34.9 Å². The summed E-state index contributed by atoms with van der Waals surface area (Å²) in [5.74, 6) is -0.240. The number of carbonyl (C=O) groups excluding carboxylic acids is 3. The Kier molecular flexibility index (Phi) is 8.78. The molecule has 0 fully saturated rings. The van der Waals surface area contributed by atoms with Crippen molar-refractivity contribution in [3.8, 4) is 0 Å². The lowest BCUT2D eigenvalue weighted by Gasteiger charge is -2.30. The first-order valence-electron chi connectivity index (χ1n) is 12.3. The second-order valence-corrected chi connectivity index (χ2v) is 11.0. The van der Waals surface area contributed by atoms with Crippen LogP contribution in [-0.4, -0.2) is 68.6 Å². The fourth-order valence-corrected chi connectivity index (χ4v) is 3.41. The summed E-state index contributed by atoms with van der Waals surface area (Å²) in [6.45, 7) is 10.3. The minimum Gasteiger partial charge on any atom is -0.447 e. The number of hydrogen-bond donors (Lipinski definition) is 1. The number of carbonyl (C=O) groups is 3. The molecule has 0 aliphatic carbocycles. The van der Waals surface area contributed by atoms with Gasteiger partial charge in [-0.1, -0.05) is 0 Å². The summed E-state index contributed by atoms with van der Waals surface area (Å²) < 4.78 is 31.0. The van der Waals surface area contributed by atoms with E-state index in [1.807, 2.05) is 0 Å². The third kappa shape index (κ3) is 8.94. The maximum atomic E-state index is 13.6. The van der Waals surface area contributed by atoms with Crippen molar-refractivity contribution in [2.45, 2.75) is 65.2 Å². The molecule has 2 aromatic heterocycles. The van der Waals surface area contributed by atoms with E-state index >= 15 is 0 Å². The molecule has 0 saturated carbocycles. The van der Waals surface area contributed by atoms with Gasteiger partial charge in [-0.25, -0.2) is 33.3 Å². The Bertz CT molecular complexity index is 1340. The predicted molar refractivity (Wildman–Crippen MR) is 142 cm³/mol. The normalized spacial score (nSPS) is 12.5. The van der Waals surface area contributed by atoms with E-state index in [1.54, 1.807) is 47.6 Å². The molecule has 2 amide bonds. The van der Waals surface area contributed by atoms with Gasteiger partial charge in [-0.3, -0.25) is 5.32 Å². The average Bonchev–Trinajstić information content (AvgIpc) is 3.27. The molecule has 0 bridgehead atoms. The number of nitrogens with one attached hydrogen (secondary N) is 1. The van der Waals surface area contributed by atoms with Crippen LogP contribution in [0.15, 0.2) is 43.0 Å². The number of aromatic nitrogens is 3. The van der Waals surface area contributed by atoms with Gasteiger partial charge in [0, 0.05) is 31.2 Å². The first kappa shape index (κ1) is 29.3. The van der Waals surface area contributed by atoms with Gasteiger partial charge < -0.3 is 19.1 Å². The number of ether oxygens (including phenoxy) is 3. The van der Waals surface area contributed by atoms with E-state index < -0.39 is 41.3 Å². The number of rotatable bonds is 6. The fraction of sp³-hybridized carbons (Fsp3) is 0.444. The summed E-state index contributed by atoms with van der Waals surface area (Å²) in [7, 11) is 1.52. The van der Waals surface area contributed by atoms with E-state index in [0.29, 0.717) is 16.5 Å². The number of imidazole rings is 1. The largest absolute Gasteiger partial charge is 0.447 e. The molecule has 1 unspecified atom stereocenters. The minimum atomic E-state index is -0.819. The van der Waals surface area contributed by atoms with E-state index in [9.17, 15) is 18.8 Å². The van der Waals surface area contributed by atoms with E-state index in [4.69, 9.17) is 14.2 Å². The van der Waals surface area contributed by atoms with E-state index in [1.165, 1.54) is 53.4 Å². The van der Waals surface area contributed by atoms with Gasteiger partial charge in [-0.15, -0.1) is 0 Å². The summed E-state index contributed by atoms with van der Waals surface area (Å²) >= 11 is 0. The van der Waals surface area contributed by atoms with Crippen molar-refractivity contribution in [3.05, 3.63) is 54.5 Å². The molecule has 1 aromatic carbocycles. The quantitative estimate of drug-likeness (QED) is 0.411. The molecule has 1 atom stereocenters. The third-order valence-electron chi connectivity index (χ3n) is 5.24. The average molecular weight is 544 g/mol. The minimum absolute atomic E-state index is 0.145. The van der Waals surface area contributed by atoms with Crippen LogP contribution in [0.3, 0.4) is 0 Å². The number of fused-ring (bicyclic) bond motifs is 1. The molecule has 12 heteroatoms. The Labute approximate surface area is 226 Å². The Morgan fingerprint density at radius 1 is 1.03 bits per heavy atom. The second kappa shape index (κ2) is 11.7. The SMILES string of the molecule is CN(C(=O)OC(C)(C)C)C(COC(=O)Nc1cc2cc(F)ccc2cn1)Cc1cn(C(=O)OC(C)(C)C)cn1. The third-order valence-corrected chi connectivity index (χ3v) is 5.24. The molecule has 11 nitrogen and oxygen atoms in total. The number of hydrogen-bond acceptors (Lipinski definition) is 8. The summed E-state index contributed by atoms with van der Waals surface area (Å²) in [5.41, 5.74) is -0.965. The van der Waals surface area contributed by atoms with Crippen LogP contribution in [0.25, 0.3) is 10.8 Å². The Hall–Kier alpha value is -4.22. The smallest absolute Gasteiger partial charge is 0.419 e. The van der Waals surface area contributed by atoms with Gasteiger partial charge in [0.15, 0.2) is 0 Å². The molecule has 0 spiro atoms. The fourth-order valence-electron chi connectivity index (χ4n) is 3.41. The van der Waals surface area contributed by atoms with E-state index in [-0.39, 0.29) is 18.8 Å². The lowest BCUT2D eigenvalue weighted by atomic mass is 10.1. The summed E-state index contributed by atoms with van der Waals surface area (Å²) in [6, 6.07) is 5.07. The van der Waals surface area contributed by atoms with Crippen LogP contribution >= 0.6 is 0 Å². The molecule has 39 heavy (non-hydrogen) atoms. The summed E-state index contributed by atoms with van der Waals surface area (Å²) in [6.07, 6.45) is 2.41. The number of pyridine rings is 1. The molecule has 0 aliphatic rings. The van der Waals surface area contributed by atoms with Gasteiger partial charge in [-0.2, -0.15) is 0 Å². The number of halogens is 1. The van der Waals surface area contributed by atoms with Crippen LogP contribution in [0.5, 0.6) is 0 Å². The predicted octanol–water partition coefficient (Wildman–Crippen LogP) is 5.38. The van der Waals surface area contributed by atoms with Crippen LogP contribution in [-0.2, 0) is 20.6 Å². The number of nitrogens with zero attached hydrogens (tertiary/aromatic N) is 4. The molecule has 3 aromatic rings. The topological polar surface area (TPSA) is 125 Å². The first-order chi connectivity index (χ1) is 18.1. The zero-order valence-electron chi connectivity index (χ0n) is 23.1. The van der Waals surface area contributed by atoms with Crippen LogP contribution in [0.4, 0.5) is 24.6 Å². The van der Waals surface area contributed by atoms with Crippen molar-refractivity contribution in [2.75, 3.05) is 19.0 Å².